The predicted molar refractivity (Wildman–Crippen MR) is 38.7 cm³/mol. The van der Waals surface area contributed by atoms with E-state index in [-0.39, 0.29) is 23.8 Å². The minimum atomic E-state index is -2.55. The lowest BCUT2D eigenvalue weighted by Crippen LogP contribution is -1.90. The second-order valence-electron chi connectivity index (χ2n) is 1.46. The fraction of sp³-hybridized carbons (Fsp3) is 0.250. The van der Waals surface area contributed by atoms with Gasteiger partial charge in [0, 0.05) is 5.38 Å². The minimum absolute atomic E-state index is 0. The van der Waals surface area contributed by atoms with E-state index in [1.54, 1.807) is 0 Å². The van der Waals surface area contributed by atoms with Crippen molar-refractivity contribution in [2.24, 2.45) is 0 Å². The van der Waals surface area contributed by atoms with Crippen LogP contribution in [0, 0.1) is 0 Å². The van der Waals surface area contributed by atoms with E-state index in [0.29, 0.717) is 0 Å². The van der Waals surface area contributed by atoms with Crippen LogP contribution in [-0.2, 0) is 0 Å². The predicted octanol–water partition coefficient (Wildman–Crippen LogP) is 2.08. The molecule has 6 heteroatoms. The Morgan fingerprint density at radius 3 is 2.40 bits per heavy atom. The zero-order chi connectivity index (χ0) is 6.85. The van der Waals surface area contributed by atoms with Crippen LogP contribution < -0.4 is 5.73 Å². The summed E-state index contributed by atoms with van der Waals surface area (Å²) in [7, 11) is 0. The van der Waals surface area contributed by atoms with E-state index in [9.17, 15) is 8.78 Å². The highest BCUT2D eigenvalue weighted by Crippen LogP contribution is 2.24. The number of halogens is 3. The SMILES string of the molecule is Cl.Nc1csnc1C(F)F. The molecule has 1 aromatic heterocycles. The maximum Gasteiger partial charge on any atom is 0.283 e. The summed E-state index contributed by atoms with van der Waals surface area (Å²) in [6.07, 6.45) is -2.55. The van der Waals surface area contributed by atoms with Crippen LogP contribution >= 0.6 is 23.9 Å². The van der Waals surface area contributed by atoms with Crippen molar-refractivity contribution in [3.63, 3.8) is 0 Å². The van der Waals surface area contributed by atoms with Gasteiger partial charge in [0.2, 0.25) is 0 Å². The molecule has 1 rings (SSSR count). The van der Waals surface area contributed by atoms with Gasteiger partial charge in [-0.3, -0.25) is 0 Å². The second kappa shape index (κ2) is 3.68. The number of hydrogen-bond acceptors (Lipinski definition) is 3. The lowest BCUT2D eigenvalue weighted by molar-refractivity contribution is 0.148. The van der Waals surface area contributed by atoms with Gasteiger partial charge in [0.25, 0.3) is 6.43 Å². The van der Waals surface area contributed by atoms with Gasteiger partial charge in [-0.2, -0.15) is 4.37 Å². The van der Waals surface area contributed by atoms with Gasteiger partial charge in [-0.15, -0.1) is 12.4 Å². The Morgan fingerprint density at radius 2 is 2.20 bits per heavy atom. The van der Waals surface area contributed by atoms with Gasteiger partial charge in [0.1, 0.15) is 5.69 Å². The molecule has 0 aromatic carbocycles. The zero-order valence-electron chi connectivity index (χ0n) is 4.75. The molecule has 2 N–H and O–H groups in total. The fourth-order valence-corrected chi connectivity index (χ4v) is 1.00. The van der Waals surface area contributed by atoms with E-state index in [2.05, 4.69) is 4.37 Å². The van der Waals surface area contributed by atoms with Gasteiger partial charge in [-0.25, -0.2) is 8.78 Å². The van der Waals surface area contributed by atoms with Crippen molar-refractivity contribution < 1.29 is 8.78 Å². The first kappa shape index (κ1) is 9.58. The fourth-order valence-electron chi connectivity index (χ4n) is 0.419. The molecule has 0 fully saturated rings. The number of hydrogen-bond donors (Lipinski definition) is 1. The maximum atomic E-state index is 11.7. The first-order valence-electron chi connectivity index (χ1n) is 2.19. The number of aromatic nitrogens is 1. The molecule has 0 radical (unpaired) electrons. The third kappa shape index (κ3) is 1.78. The molecule has 1 aromatic rings. The summed E-state index contributed by atoms with van der Waals surface area (Å²) in [5, 5.41) is 1.39. The molecule has 0 unspecified atom stereocenters. The van der Waals surface area contributed by atoms with Crippen molar-refractivity contribution in [1.29, 1.82) is 0 Å². The Kier molecular flexibility index (Phi) is 3.52. The summed E-state index contributed by atoms with van der Waals surface area (Å²) in [5.74, 6) is 0. The Hall–Kier alpha value is -0.420. The largest absolute Gasteiger partial charge is 0.396 e. The van der Waals surface area contributed by atoms with Crippen LogP contribution in [0.4, 0.5) is 14.5 Å². The van der Waals surface area contributed by atoms with E-state index in [0.717, 1.165) is 11.5 Å². The van der Waals surface area contributed by atoms with Gasteiger partial charge in [0.05, 0.1) is 5.69 Å². The highest BCUT2D eigenvalue weighted by atomic mass is 35.5. The van der Waals surface area contributed by atoms with Gasteiger partial charge in [-0.05, 0) is 11.5 Å². The van der Waals surface area contributed by atoms with Crippen LogP contribution in [0.2, 0.25) is 0 Å². The quantitative estimate of drug-likeness (QED) is 0.730. The van der Waals surface area contributed by atoms with Crippen LogP contribution in [0.25, 0.3) is 0 Å². The molecular formula is C4H5ClF2N2S. The molecule has 0 spiro atoms. The number of alkyl halides is 2. The monoisotopic (exact) mass is 186 g/mol. The Morgan fingerprint density at radius 1 is 1.60 bits per heavy atom. The molecule has 10 heavy (non-hydrogen) atoms. The van der Waals surface area contributed by atoms with Crippen LogP contribution in [0.1, 0.15) is 12.1 Å². The smallest absolute Gasteiger partial charge is 0.283 e. The van der Waals surface area contributed by atoms with Gasteiger partial charge in [-0.1, -0.05) is 0 Å². The third-order valence-electron chi connectivity index (χ3n) is 0.833. The standard InChI is InChI=1S/C4H4F2N2S.ClH/c5-4(6)3-2(7)1-9-8-3;/h1,4H,7H2;1H. The van der Waals surface area contributed by atoms with Crippen LogP contribution in [0.5, 0.6) is 0 Å². The van der Waals surface area contributed by atoms with Crippen molar-refractivity contribution >= 4 is 29.6 Å². The topological polar surface area (TPSA) is 38.9 Å². The average molecular weight is 187 g/mol. The molecule has 2 nitrogen and oxygen atoms in total. The molecule has 58 valence electrons. The molecule has 0 atom stereocenters. The summed E-state index contributed by atoms with van der Waals surface area (Å²) in [6.45, 7) is 0. The van der Waals surface area contributed by atoms with Crippen LogP contribution in [0.3, 0.4) is 0 Å². The van der Waals surface area contributed by atoms with Gasteiger partial charge in [0.15, 0.2) is 0 Å². The number of nitrogen functional groups attached to an aromatic ring is 1. The Labute approximate surface area is 66.6 Å². The summed E-state index contributed by atoms with van der Waals surface area (Å²) in [4.78, 5) is 0. The van der Waals surface area contributed by atoms with Crippen molar-refractivity contribution in [3.8, 4) is 0 Å². The van der Waals surface area contributed by atoms with Crippen molar-refractivity contribution in [1.82, 2.24) is 4.37 Å². The summed E-state index contributed by atoms with van der Waals surface area (Å²) in [5.41, 5.74) is 4.88. The molecule has 0 saturated carbocycles. The molecule has 0 saturated heterocycles. The molecular weight excluding hydrogens is 182 g/mol. The first-order valence-corrected chi connectivity index (χ1v) is 3.03. The van der Waals surface area contributed by atoms with E-state index in [4.69, 9.17) is 5.73 Å². The Bertz CT molecular complexity index is 203. The van der Waals surface area contributed by atoms with Crippen LogP contribution in [0.15, 0.2) is 5.38 Å². The summed E-state index contributed by atoms with van der Waals surface area (Å²) in [6, 6.07) is 0. The molecule has 0 aliphatic carbocycles. The molecule has 0 aliphatic rings. The van der Waals surface area contributed by atoms with Crippen LogP contribution in [-0.4, -0.2) is 4.37 Å². The van der Waals surface area contributed by atoms with E-state index in [1.807, 2.05) is 0 Å². The zero-order valence-corrected chi connectivity index (χ0v) is 6.38. The van der Waals surface area contributed by atoms with E-state index < -0.39 is 6.43 Å². The number of rotatable bonds is 1. The van der Waals surface area contributed by atoms with Crippen molar-refractivity contribution in [2.75, 3.05) is 5.73 Å². The average Bonchev–Trinajstić information content (AvgIpc) is 2.13. The molecule has 0 aliphatic heterocycles. The molecule has 0 amide bonds. The highest BCUT2D eigenvalue weighted by Gasteiger charge is 2.12. The minimum Gasteiger partial charge on any atom is -0.396 e. The number of nitrogens with two attached hydrogens (primary N) is 1. The lowest BCUT2D eigenvalue weighted by atomic mass is 10.4. The summed E-state index contributed by atoms with van der Waals surface area (Å²) < 4.78 is 26.8. The number of nitrogens with zero attached hydrogens (tertiary/aromatic N) is 1. The van der Waals surface area contributed by atoms with Crippen molar-refractivity contribution in [3.05, 3.63) is 11.1 Å². The van der Waals surface area contributed by atoms with E-state index in [1.165, 1.54) is 5.38 Å². The van der Waals surface area contributed by atoms with Gasteiger partial charge < -0.3 is 5.73 Å². The maximum absolute atomic E-state index is 11.7. The van der Waals surface area contributed by atoms with E-state index >= 15 is 0 Å². The highest BCUT2D eigenvalue weighted by molar-refractivity contribution is 7.04. The number of anilines is 1. The second-order valence-corrected chi connectivity index (χ2v) is 2.08. The molecule has 1 heterocycles. The lowest BCUT2D eigenvalue weighted by Gasteiger charge is -1.91. The third-order valence-corrected chi connectivity index (χ3v) is 1.49. The normalized spacial score (nSPS) is 9.50. The van der Waals surface area contributed by atoms with Crippen molar-refractivity contribution in [2.45, 2.75) is 6.43 Å². The first-order chi connectivity index (χ1) is 4.22. The molecule has 0 bridgehead atoms. The summed E-state index contributed by atoms with van der Waals surface area (Å²) >= 11 is 0.940. The van der Waals surface area contributed by atoms with Gasteiger partial charge >= 0.3 is 0 Å². The Balaban J connectivity index is 0.000000810.